The lowest BCUT2D eigenvalue weighted by Crippen LogP contribution is -2.48. The van der Waals surface area contributed by atoms with E-state index in [9.17, 15) is 19.5 Å². The first-order valence-electron chi connectivity index (χ1n) is 15.5. The van der Waals surface area contributed by atoms with Gasteiger partial charge in [0.1, 0.15) is 0 Å². The first kappa shape index (κ1) is 29.9. The fraction of sp³-hybridized carbons (Fsp3) is 0.441. The number of nitrogens with one attached hydrogen (secondary N) is 1. The van der Waals surface area contributed by atoms with Crippen molar-refractivity contribution in [2.24, 2.45) is 0 Å². The molecule has 2 aromatic rings. The number of benzene rings is 1. The predicted molar refractivity (Wildman–Crippen MR) is 167 cm³/mol. The fourth-order valence-electron chi connectivity index (χ4n) is 7.34. The Morgan fingerprint density at radius 3 is 2.52 bits per heavy atom. The Kier molecular flexibility index (Phi) is 8.72. The Hall–Kier alpha value is -4.15. The minimum absolute atomic E-state index is 0. The monoisotopic (exact) mass is 599 g/mol. The molecule has 4 aliphatic rings. The molecule has 1 aromatic carbocycles. The van der Waals surface area contributed by atoms with Crippen LogP contribution in [0.1, 0.15) is 72.9 Å². The number of hydrogen-bond donors (Lipinski definition) is 2. The first-order valence-corrected chi connectivity index (χ1v) is 15.5. The van der Waals surface area contributed by atoms with Gasteiger partial charge in [-0.05, 0) is 74.8 Å². The summed E-state index contributed by atoms with van der Waals surface area (Å²) in [5.41, 5.74) is 1.67. The molecule has 6 rings (SSSR count). The van der Waals surface area contributed by atoms with Gasteiger partial charge in [-0.1, -0.05) is 30.4 Å². The van der Waals surface area contributed by atoms with Crippen molar-refractivity contribution >= 4 is 23.4 Å². The molecule has 0 radical (unpaired) electrons. The highest BCUT2D eigenvalue weighted by molar-refractivity contribution is 5.99. The van der Waals surface area contributed by atoms with Crippen molar-refractivity contribution < 1.29 is 25.7 Å². The zero-order valence-electron chi connectivity index (χ0n) is 25.0. The van der Waals surface area contributed by atoms with E-state index in [0.717, 1.165) is 49.8 Å². The molecular formula is C34H41N5O5. The summed E-state index contributed by atoms with van der Waals surface area (Å²) >= 11 is 0. The average Bonchev–Trinajstić information content (AvgIpc) is 3.57. The van der Waals surface area contributed by atoms with Crippen LogP contribution in [0.4, 0.5) is 0 Å². The van der Waals surface area contributed by atoms with Gasteiger partial charge in [0.2, 0.25) is 5.91 Å². The lowest BCUT2D eigenvalue weighted by Gasteiger charge is -2.42. The Morgan fingerprint density at radius 2 is 1.75 bits per heavy atom. The summed E-state index contributed by atoms with van der Waals surface area (Å²) in [4.78, 5) is 50.9. The van der Waals surface area contributed by atoms with Crippen molar-refractivity contribution in [3.63, 3.8) is 0 Å². The topological polar surface area (TPSA) is 125 Å². The number of rotatable bonds is 7. The molecule has 44 heavy (non-hydrogen) atoms. The number of fused-ring (bicyclic) bond motifs is 1. The molecule has 2 saturated heterocycles. The number of carbonyl (C=O) groups is 3. The molecule has 1 saturated carbocycles. The standard InChI is InChI=1S/C34H39N5O5.H2/c1-44-33(42)25-7-2-6-24(21-25)32(41)37-22-30(40)39-20-14-28-29(39)13-19-38(28)27-11-15-34(43,16-12-27)26-8-3-5-23(9-10-26)31-35-17-4-18-36-31;/h2,4-10,17-18,21,27-29,43H,3,11-16,19-20,22H2,1H3,(H,37,41);1H. The summed E-state index contributed by atoms with van der Waals surface area (Å²) in [6.07, 6.45) is 17.5. The number of hydrogen-bond acceptors (Lipinski definition) is 8. The number of aliphatic hydroxyl groups is 1. The second kappa shape index (κ2) is 12.8. The van der Waals surface area contributed by atoms with Crippen LogP contribution in [0.3, 0.4) is 0 Å². The third-order valence-corrected chi connectivity index (χ3v) is 9.62. The molecule has 3 fully saturated rings. The minimum Gasteiger partial charge on any atom is -0.465 e. The highest BCUT2D eigenvalue weighted by Gasteiger charge is 2.48. The normalized spacial score (nSPS) is 26.8. The summed E-state index contributed by atoms with van der Waals surface area (Å²) in [6.45, 7) is 1.52. The lowest BCUT2D eigenvalue weighted by atomic mass is 9.76. The molecular weight excluding hydrogens is 558 g/mol. The number of methoxy groups -OCH3 is 1. The van der Waals surface area contributed by atoms with Gasteiger partial charge in [0.05, 0.1) is 24.8 Å². The van der Waals surface area contributed by atoms with Crippen LogP contribution in [0.5, 0.6) is 0 Å². The predicted octanol–water partition coefficient (Wildman–Crippen LogP) is 3.56. The largest absolute Gasteiger partial charge is 0.465 e. The molecule has 3 heterocycles. The molecule has 2 N–H and O–H groups in total. The molecule has 2 amide bonds. The van der Waals surface area contributed by atoms with Crippen LogP contribution in [-0.4, -0.2) is 93.1 Å². The molecule has 1 aromatic heterocycles. The van der Waals surface area contributed by atoms with Crippen molar-refractivity contribution in [3.8, 4) is 0 Å². The van der Waals surface area contributed by atoms with Crippen LogP contribution in [0.25, 0.3) is 5.57 Å². The first-order chi connectivity index (χ1) is 21.4. The fourth-order valence-corrected chi connectivity index (χ4v) is 7.34. The van der Waals surface area contributed by atoms with Crippen molar-refractivity contribution in [2.75, 3.05) is 26.7 Å². The van der Waals surface area contributed by atoms with E-state index in [1.807, 2.05) is 17.1 Å². The summed E-state index contributed by atoms with van der Waals surface area (Å²) in [7, 11) is 1.29. The van der Waals surface area contributed by atoms with Gasteiger partial charge in [0.15, 0.2) is 5.82 Å². The molecule has 232 valence electrons. The maximum atomic E-state index is 13.2. The second-order valence-corrected chi connectivity index (χ2v) is 12.0. The third-order valence-electron chi connectivity index (χ3n) is 9.62. The third kappa shape index (κ3) is 6.09. The number of nitrogens with zero attached hydrogens (tertiary/aromatic N) is 4. The summed E-state index contributed by atoms with van der Waals surface area (Å²) in [5, 5.41) is 14.4. The van der Waals surface area contributed by atoms with E-state index < -0.39 is 17.5 Å². The van der Waals surface area contributed by atoms with Crippen molar-refractivity contribution in [2.45, 2.75) is 68.7 Å². The number of ether oxygens (including phenoxy) is 1. The number of carbonyl (C=O) groups excluding carboxylic acids is 3. The SMILES string of the molecule is COC(=O)c1cccc(C(=O)NCC(=O)N2CCC3C2CCN3C2CCC(O)(C3=CCC=C(c4ncccn4)C=C3)CC2)c1.[HH]. The van der Waals surface area contributed by atoms with Crippen LogP contribution in [0.15, 0.2) is 72.6 Å². The number of esters is 1. The molecule has 2 atom stereocenters. The highest BCUT2D eigenvalue weighted by Crippen LogP contribution is 2.42. The number of amides is 2. The van der Waals surface area contributed by atoms with Crippen LogP contribution in [-0.2, 0) is 9.53 Å². The van der Waals surface area contributed by atoms with E-state index in [1.165, 1.54) is 13.2 Å². The van der Waals surface area contributed by atoms with E-state index >= 15 is 0 Å². The molecule has 0 spiro atoms. The van der Waals surface area contributed by atoms with Crippen LogP contribution >= 0.6 is 0 Å². The Morgan fingerprint density at radius 1 is 1.00 bits per heavy atom. The van der Waals surface area contributed by atoms with Gasteiger partial charge >= 0.3 is 5.97 Å². The van der Waals surface area contributed by atoms with Crippen LogP contribution < -0.4 is 5.32 Å². The zero-order chi connectivity index (χ0) is 30.7. The zero-order valence-corrected chi connectivity index (χ0v) is 25.0. The Labute approximate surface area is 259 Å². The quantitative estimate of drug-likeness (QED) is 0.463. The number of aromatic nitrogens is 2. The van der Waals surface area contributed by atoms with E-state index in [4.69, 9.17) is 4.74 Å². The van der Waals surface area contributed by atoms with Gasteiger partial charge in [-0.3, -0.25) is 14.5 Å². The lowest BCUT2D eigenvalue weighted by molar-refractivity contribution is -0.130. The van der Waals surface area contributed by atoms with E-state index in [1.54, 1.807) is 36.7 Å². The van der Waals surface area contributed by atoms with Gasteiger partial charge < -0.3 is 20.1 Å². The Balaban J connectivity index is 0.00000400. The molecule has 2 aliphatic carbocycles. The Bertz CT molecular complexity index is 1500. The number of allylic oxidation sites excluding steroid dienone is 4. The molecule has 10 heteroatoms. The summed E-state index contributed by atoms with van der Waals surface area (Å²) in [5.74, 6) is -0.317. The minimum atomic E-state index is -0.848. The van der Waals surface area contributed by atoms with Gasteiger partial charge in [-0.15, -0.1) is 0 Å². The smallest absolute Gasteiger partial charge is 0.337 e. The van der Waals surface area contributed by atoms with Gasteiger partial charge in [-0.2, -0.15) is 0 Å². The summed E-state index contributed by atoms with van der Waals surface area (Å²) < 4.78 is 4.73. The van der Waals surface area contributed by atoms with Gasteiger partial charge in [0, 0.05) is 56.2 Å². The van der Waals surface area contributed by atoms with Gasteiger partial charge in [-0.25, -0.2) is 14.8 Å². The molecule has 10 nitrogen and oxygen atoms in total. The average molecular weight is 600 g/mol. The number of likely N-dealkylation sites (tertiary alicyclic amines) is 2. The molecule has 2 aliphatic heterocycles. The molecule has 0 bridgehead atoms. The van der Waals surface area contributed by atoms with E-state index in [-0.39, 0.29) is 25.5 Å². The molecule has 2 unspecified atom stereocenters. The van der Waals surface area contributed by atoms with Crippen LogP contribution in [0.2, 0.25) is 0 Å². The van der Waals surface area contributed by atoms with Crippen molar-refractivity contribution in [1.29, 1.82) is 0 Å². The van der Waals surface area contributed by atoms with Gasteiger partial charge in [0.25, 0.3) is 5.91 Å². The highest BCUT2D eigenvalue weighted by atomic mass is 16.5. The summed E-state index contributed by atoms with van der Waals surface area (Å²) in [6, 6.07) is 8.89. The van der Waals surface area contributed by atoms with Crippen LogP contribution in [0, 0.1) is 0 Å². The van der Waals surface area contributed by atoms with E-state index in [2.05, 4.69) is 32.3 Å². The van der Waals surface area contributed by atoms with Crippen molar-refractivity contribution in [3.05, 3.63) is 89.6 Å². The van der Waals surface area contributed by atoms with Crippen molar-refractivity contribution in [1.82, 2.24) is 25.1 Å². The maximum absolute atomic E-state index is 13.2. The maximum Gasteiger partial charge on any atom is 0.337 e. The second-order valence-electron chi connectivity index (χ2n) is 12.0. The van der Waals surface area contributed by atoms with E-state index in [0.29, 0.717) is 42.9 Å².